The molecule has 2 amide bonds. The molecule has 2 atom stereocenters. The molecule has 2 aromatic carbocycles. The average molecular weight is 583 g/mol. The molecule has 1 fully saturated rings. The molecular weight excluding hydrogens is 560 g/mol. The molecule has 8 nitrogen and oxygen atoms in total. The predicted octanol–water partition coefficient (Wildman–Crippen LogP) is 4.44. The quantitative estimate of drug-likeness (QED) is 0.326. The van der Waals surface area contributed by atoms with Gasteiger partial charge in [0.05, 0.1) is 7.11 Å². The first-order valence-corrected chi connectivity index (χ1v) is 14.3. The van der Waals surface area contributed by atoms with Crippen LogP contribution in [0.5, 0.6) is 11.5 Å². The Morgan fingerprint density at radius 3 is 2.23 bits per heavy atom. The number of methoxy groups -OCH3 is 1. The second-order valence-corrected chi connectivity index (χ2v) is 12.5. The summed E-state index contributed by atoms with van der Waals surface area (Å²) in [5.74, 6) is -5.51. The van der Waals surface area contributed by atoms with E-state index in [0.717, 1.165) is 41.3 Å². The zero-order valence-corrected chi connectivity index (χ0v) is 22.2. The summed E-state index contributed by atoms with van der Waals surface area (Å²) in [5, 5.41) is 2.86. The Morgan fingerprint density at radius 1 is 1.05 bits per heavy atom. The molecule has 1 unspecified atom stereocenters. The molecule has 0 bridgehead atoms. The Kier molecular flexibility index (Phi) is 7.89. The first kappa shape index (κ1) is 29.0. The fourth-order valence-corrected chi connectivity index (χ4v) is 5.17. The van der Waals surface area contributed by atoms with Crippen LogP contribution in [-0.2, 0) is 9.36 Å². The topological polar surface area (TPSA) is 97.8 Å². The fourth-order valence-electron chi connectivity index (χ4n) is 4.31. The van der Waals surface area contributed by atoms with Crippen molar-refractivity contribution in [2.24, 2.45) is 0 Å². The van der Waals surface area contributed by atoms with Crippen LogP contribution in [0.1, 0.15) is 21.8 Å². The summed E-state index contributed by atoms with van der Waals surface area (Å²) in [6, 6.07) is 7.25. The third-order valence-electron chi connectivity index (χ3n) is 6.24. The number of carbonyl (C=O) groups excluding carboxylic acids is 2. The van der Waals surface area contributed by atoms with Gasteiger partial charge >= 0.3 is 6.36 Å². The van der Waals surface area contributed by atoms with Crippen molar-refractivity contribution < 1.29 is 45.6 Å². The van der Waals surface area contributed by atoms with E-state index < -0.39 is 60.2 Å². The first-order valence-electron chi connectivity index (χ1n) is 11.7. The first-order chi connectivity index (χ1) is 18.7. The van der Waals surface area contributed by atoms with E-state index in [9.17, 15) is 27.3 Å². The second kappa shape index (κ2) is 10.9. The Labute approximate surface area is 225 Å². The zero-order valence-electron chi connectivity index (χ0n) is 21.3. The Hall–Kier alpha value is -3.99. The van der Waals surface area contributed by atoms with Gasteiger partial charge in [0.2, 0.25) is 0 Å². The van der Waals surface area contributed by atoms with Gasteiger partial charge in [-0.15, -0.1) is 13.2 Å². The smallest absolute Gasteiger partial charge is 0.497 e. The van der Waals surface area contributed by atoms with Gasteiger partial charge in [-0.25, -0.2) is 13.8 Å². The van der Waals surface area contributed by atoms with Gasteiger partial charge in [0.15, 0.2) is 0 Å². The number of amides is 2. The van der Waals surface area contributed by atoms with E-state index in [1.807, 2.05) is 0 Å². The molecule has 40 heavy (non-hydrogen) atoms. The van der Waals surface area contributed by atoms with Crippen LogP contribution in [0, 0.1) is 11.6 Å². The summed E-state index contributed by atoms with van der Waals surface area (Å²) in [6.07, 6.45) is -3.59. The van der Waals surface area contributed by atoms with Crippen molar-refractivity contribution in [2.45, 2.75) is 18.3 Å². The van der Waals surface area contributed by atoms with E-state index in [2.05, 4.69) is 15.0 Å². The van der Waals surface area contributed by atoms with Gasteiger partial charge in [0.25, 0.3) is 11.8 Å². The molecule has 0 saturated carbocycles. The van der Waals surface area contributed by atoms with Crippen LogP contribution in [-0.4, -0.2) is 56.2 Å². The van der Waals surface area contributed by atoms with Crippen LogP contribution in [0.25, 0.3) is 0 Å². The lowest BCUT2D eigenvalue weighted by molar-refractivity contribution is -0.274. The molecule has 212 valence electrons. The summed E-state index contributed by atoms with van der Waals surface area (Å²) >= 11 is 0. The van der Waals surface area contributed by atoms with E-state index in [0.29, 0.717) is 5.30 Å². The van der Waals surface area contributed by atoms with Crippen LogP contribution < -0.4 is 25.0 Å². The standard InChI is InChI=1S/C26H23F5N3O5P/c1-38-16-10-19(27)22(20(28)11-16)18-13-34(21-12-17(8-9-32-21)40(2,3)37)25(36)23(18)33-24(35)14-4-6-15(7-5-14)39-26(29,30)31/h4-12,18,23H,13H2,1-3H3,(H,33,35)/t18-,23?/m0/s1. The number of alkyl halides is 3. The predicted molar refractivity (Wildman–Crippen MR) is 136 cm³/mol. The zero-order chi connectivity index (χ0) is 29.4. The Bertz CT molecular complexity index is 1470. The molecule has 4 rings (SSSR count). The van der Waals surface area contributed by atoms with Gasteiger partial charge in [-0.3, -0.25) is 14.5 Å². The third-order valence-corrected chi connectivity index (χ3v) is 7.76. The minimum atomic E-state index is -4.93. The molecule has 14 heteroatoms. The minimum absolute atomic E-state index is 0.0659. The molecule has 2 heterocycles. The fraction of sp³-hybridized carbons (Fsp3) is 0.269. The summed E-state index contributed by atoms with van der Waals surface area (Å²) in [5.41, 5.74) is -0.614. The summed E-state index contributed by atoms with van der Waals surface area (Å²) < 4.78 is 88.9. The molecule has 1 aromatic heterocycles. The number of nitrogens with one attached hydrogen (secondary N) is 1. The van der Waals surface area contributed by atoms with Crippen molar-refractivity contribution in [2.75, 3.05) is 31.9 Å². The van der Waals surface area contributed by atoms with E-state index >= 15 is 8.78 Å². The SMILES string of the molecule is COc1cc(F)c([C@@H]2CN(c3cc(P(C)(C)=O)ccn3)C(=O)C2NC(=O)c2ccc(OC(F)(F)F)cc2)c(F)c1. The highest BCUT2D eigenvalue weighted by atomic mass is 31.2. The van der Waals surface area contributed by atoms with Gasteiger partial charge in [-0.1, -0.05) is 0 Å². The highest BCUT2D eigenvalue weighted by Crippen LogP contribution is 2.38. The van der Waals surface area contributed by atoms with Gasteiger partial charge in [0, 0.05) is 47.2 Å². The maximum Gasteiger partial charge on any atom is 0.573 e. The normalized spacial score (nSPS) is 17.6. The number of rotatable bonds is 7. The molecular formula is C26H23F5N3O5P. The molecule has 0 spiro atoms. The number of anilines is 1. The number of carbonyl (C=O) groups is 2. The number of hydrogen-bond donors (Lipinski definition) is 1. The Balaban J connectivity index is 1.70. The molecule has 1 N–H and O–H groups in total. The van der Waals surface area contributed by atoms with E-state index in [1.54, 1.807) is 0 Å². The van der Waals surface area contributed by atoms with E-state index in [-0.39, 0.29) is 23.7 Å². The molecule has 1 aliphatic rings. The second-order valence-electron chi connectivity index (χ2n) is 9.31. The molecule has 0 aliphatic carbocycles. The average Bonchev–Trinajstić information content (AvgIpc) is 3.18. The van der Waals surface area contributed by atoms with Crippen molar-refractivity contribution in [1.29, 1.82) is 0 Å². The van der Waals surface area contributed by atoms with Crippen LogP contribution >= 0.6 is 7.14 Å². The van der Waals surface area contributed by atoms with Crippen molar-refractivity contribution in [1.82, 2.24) is 10.3 Å². The number of pyridine rings is 1. The van der Waals surface area contributed by atoms with Crippen LogP contribution in [0.2, 0.25) is 0 Å². The lowest BCUT2D eigenvalue weighted by Gasteiger charge is -2.20. The van der Waals surface area contributed by atoms with Crippen molar-refractivity contribution in [3.63, 3.8) is 0 Å². The van der Waals surface area contributed by atoms with E-state index in [1.165, 1.54) is 38.8 Å². The maximum atomic E-state index is 15.1. The van der Waals surface area contributed by atoms with Crippen molar-refractivity contribution in [3.8, 4) is 11.5 Å². The monoisotopic (exact) mass is 583 g/mol. The highest BCUT2D eigenvalue weighted by molar-refractivity contribution is 7.70. The minimum Gasteiger partial charge on any atom is -0.497 e. The van der Waals surface area contributed by atoms with Gasteiger partial charge in [-0.05, 0) is 49.7 Å². The largest absolute Gasteiger partial charge is 0.573 e. The number of nitrogens with zero attached hydrogens (tertiary/aromatic N) is 2. The van der Waals surface area contributed by atoms with Crippen LogP contribution in [0.3, 0.4) is 0 Å². The molecule has 3 aromatic rings. The highest BCUT2D eigenvalue weighted by Gasteiger charge is 2.46. The summed E-state index contributed by atoms with van der Waals surface area (Å²) in [7, 11) is -1.54. The number of hydrogen-bond acceptors (Lipinski definition) is 6. The lowest BCUT2D eigenvalue weighted by Crippen LogP contribution is -2.44. The molecule has 0 radical (unpaired) electrons. The molecule has 1 saturated heterocycles. The van der Waals surface area contributed by atoms with E-state index in [4.69, 9.17) is 4.74 Å². The lowest BCUT2D eigenvalue weighted by atomic mass is 9.92. The van der Waals surface area contributed by atoms with Gasteiger partial charge in [-0.2, -0.15) is 0 Å². The van der Waals surface area contributed by atoms with Crippen LogP contribution in [0.15, 0.2) is 54.7 Å². The number of benzene rings is 2. The van der Waals surface area contributed by atoms with Crippen molar-refractivity contribution >= 4 is 30.1 Å². The summed E-state index contributed by atoms with van der Waals surface area (Å²) in [4.78, 5) is 31.9. The van der Waals surface area contributed by atoms with Crippen molar-refractivity contribution in [3.05, 3.63) is 77.5 Å². The van der Waals surface area contributed by atoms with Crippen LogP contribution in [0.4, 0.5) is 27.8 Å². The summed E-state index contributed by atoms with van der Waals surface area (Å²) in [6.45, 7) is 2.75. The Morgan fingerprint density at radius 2 is 1.68 bits per heavy atom. The molecule has 1 aliphatic heterocycles. The van der Waals surface area contributed by atoms with Gasteiger partial charge < -0.3 is 19.4 Å². The maximum absolute atomic E-state index is 15.1. The van der Waals surface area contributed by atoms with Gasteiger partial charge in [0.1, 0.15) is 42.1 Å². The number of halogens is 5. The third kappa shape index (κ3) is 6.25. The number of aromatic nitrogens is 1. The number of ether oxygens (including phenoxy) is 2.